The van der Waals surface area contributed by atoms with Crippen molar-refractivity contribution in [3.63, 3.8) is 0 Å². The van der Waals surface area contributed by atoms with Crippen LogP contribution in [-0.4, -0.2) is 26.8 Å². The molecule has 1 aromatic rings. The van der Waals surface area contributed by atoms with E-state index in [1.165, 1.54) is 5.56 Å². The first-order valence-electron chi connectivity index (χ1n) is 9.12. The van der Waals surface area contributed by atoms with Gasteiger partial charge in [0.05, 0.1) is 0 Å². The summed E-state index contributed by atoms with van der Waals surface area (Å²) in [6.07, 6.45) is 0. The molecule has 0 saturated carbocycles. The Morgan fingerprint density at radius 3 is 1.52 bits per heavy atom. The Balaban J connectivity index is 2.93. The zero-order valence-electron chi connectivity index (χ0n) is 17.5. The summed E-state index contributed by atoms with van der Waals surface area (Å²) < 4.78 is 0.363. The molecule has 142 valence electrons. The molecule has 0 aliphatic rings. The lowest BCUT2D eigenvalue weighted by Gasteiger charge is -2.25. The molecule has 0 heterocycles. The SMILES string of the molecule is CC(C)(C)SCC(CSC(C)(C)C)C(=O)c1ccc(C(C)(C)C)cc1. The van der Waals surface area contributed by atoms with Gasteiger partial charge in [-0.25, -0.2) is 0 Å². The summed E-state index contributed by atoms with van der Waals surface area (Å²) in [6.45, 7) is 19.9. The van der Waals surface area contributed by atoms with E-state index in [1.807, 2.05) is 35.7 Å². The van der Waals surface area contributed by atoms with Gasteiger partial charge in [0.15, 0.2) is 5.78 Å². The van der Waals surface area contributed by atoms with Crippen molar-refractivity contribution in [1.82, 2.24) is 0 Å². The number of Topliss-reactive ketones (excluding diaryl/α,β-unsaturated/α-hetero) is 1. The lowest BCUT2D eigenvalue weighted by molar-refractivity contribution is 0.0944. The molecular formula is C22H36OS2. The lowest BCUT2D eigenvalue weighted by Crippen LogP contribution is -2.25. The van der Waals surface area contributed by atoms with Gasteiger partial charge < -0.3 is 0 Å². The van der Waals surface area contributed by atoms with Gasteiger partial charge in [-0.1, -0.05) is 86.6 Å². The Morgan fingerprint density at radius 1 is 0.800 bits per heavy atom. The highest BCUT2D eigenvalue weighted by Crippen LogP contribution is 2.32. The highest BCUT2D eigenvalue weighted by Gasteiger charge is 2.25. The molecule has 0 spiro atoms. The van der Waals surface area contributed by atoms with Crippen molar-refractivity contribution in [2.45, 2.75) is 77.2 Å². The van der Waals surface area contributed by atoms with Crippen LogP contribution in [0.4, 0.5) is 0 Å². The van der Waals surface area contributed by atoms with Crippen LogP contribution in [0.2, 0.25) is 0 Å². The van der Waals surface area contributed by atoms with E-state index in [2.05, 4.69) is 74.4 Å². The number of benzene rings is 1. The molecule has 1 rings (SSSR count). The quantitative estimate of drug-likeness (QED) is 0.502. The van der Waals surface area contributed by atoms with Gasteiger partial charge in [-0.05, 0) is 11.0 Å². The fraction of sp³-hybridized carbons (Fsp3) is 0.682. The first-order valence-corrected chi connectivity index (χ1v) is 11.1. The number of hydrogen-bond donors (Lipinski definition) is 0. The minimum atomic E-state index is 0.0638. The standard InChI is InChI=1S/C22H36OS2/c1-20(2,3)18-12-10-16(11-13-18)19(23)17(14-24-21(4,5)6)15-25-22(7,8)9/h10-13,17H,14-15H2,1-9H3. The van der Waals surface area contributed by atoms with Crippen molar-refractivity contribution in [1.29, 1.82) is 0 Å². The molecule has 0 saturated heterocycles. The molecule has 0 N–H and O–H groups in total. The van der Waals surface area contributed by atoms with Gasteiger partial charge in [0.2, 0.25) is 0 Å². The van der Waals surface area contributed by atoms with E-state index < -0.39 is 0 Å². The molecule has 0 radical (unpaired) electrons. The molecule has 0 unspecified atom stereocenters. The summed E-state index contributed by atoms with van der Waals surface area (Å²) in [5, 5.41) is 0. The molecule has 1 nitrogen and oxygen atoms in total. The number of carbonyl (C=O) groups excluding carboxylic acids is 1. The highest BCUT2D eigenvalue weighted by atomic mass is 32.2. The summed E-state index contributed by atoms with van der Waals surface area (Å²) in [7, 11) is 0. The molecule has 0 bridgehead atoms. The van der Waals surface area contributed by atoms with E-state index in [1.54, 1.807) is 0 Å². The zero-order valence-corrected chi connectivity index (χ0v) is 19.2. The average molecular weight is 381 g/mol. The normalized spacial score (nSPS) is 13.4. The number of rotatable bonds is 6. The van der Waals surface area contributed by atoms with Crippen LogP contribution in [-0.2, 0) is 5.41 Å². The third-order valence-corrected chi connectivity index (χ3v) is 6.71. The third kappa shape index (κ3) is 8.68. The van der Waals surface area contributed by atoms with Gasteiger partial charge in [0.1, 0.15) is 0 Å². The summed E-state index contributed by atoms with van der Waals surface area (Å²) in [5.74, 6) is 2.11. The maximum absolute atomic E-state index is 13.1. The predicted octanol–water partition coefficient (Wildman–Crippen LogP) is 6.85. The zero-order chi connectivity index (χ0) is 19.5. The fourth-order valence-corrected chi connectivity index (χ4v) is 4.36. The number of carbonyl (C=O) groups is 1. The van der Waals surface area contributed by atoms with E-state index in [4.69, 9.17) is 0 Å². The smallest absolute Gasteiger partial charge is 0.167 e. The van der Waals surface area contributed by atoms with Crippen LogP contribution in [0.5, 0.6) is 0 Å². The molecule has 0 aromatic heterocycles. The average Bonchev–Trinajstić information content (AvgIpc) is 2.43. The van der Waals surface area contributed by atoms with E-state index in [0.717, 1.165) is 17.1 Å². The Bertz CT molecular complexity index is 536. The molecule has 0 aliphatic heterocycles. The molecule has 0 amide bonds. The van der Waals surface area contributed by atoms with Crippen LogP contribution in [0.1, 0.15) is 78.2 Å². The summed E-state index contributed by atoms with van der Waals surface area (Å²) >= 11 is 3.78. The van der Waals surface area contributed by atoms with E-state index in [-0.39, 0.29) is 26.6 Å². The van der Waals surface area contributed by atoms with Gasteiger partial charge in [-0.3, -0.25) is 4.79 Å². The highest BCUT2D eigenvalue weighted by molar-refractivity contribution is 8.01. The molecule has 3 heteroatoms. The maximum atomic E-state index is 13.1. The summed E-state index contributed by atoms with van der Waals surface area (Å²) in [5.41, 5.74) is 2.24. The van der Waals surface area contributed by atoms with Gasteiger partial charge in [-0.15, -0.1) is 0 Å². The minimum Gasteiger partial charge on any atom is -0.294 e. The third-order valence-electron chi connectivity index (χ3n) is 3.84. The molecule has 25 heavy (non-hydrogen) atoms. The Hall–Kier alpha value is -0.410. The van der Waals surface area contributed by atoms with Gasteiger partial charge in [0.25, 0.3) is 0 Å². The molecular weight excluding hydrogens is 344 g/mol. The van der Waals surface area contributed by atoms with Crippen LogP contribution >= 0.6 is 23.5 Å². The van der Waals surface area contributed by atoms with Crippen molar-refractivity contribution >= 4 is 29.3 Å². The van der Waals surface area contributed by atoms with Crippen molar-refractivity contribution in [2.75, 3.05) is 11.5 Å². The van der Waals surface area contributed by atoms with Crippen molar-refractivity contribution in [3.05, 3.63) is 35.4 Å². The second kappa shape index (κ2) is 8.52. The number of hydrogen-bond acceptors (Lipinski definition) is 3. The van der Waals surface area contributed by atoms with E-state index in [0.29, 0.717) is 0 Å². The summed E-state index contributed by atoms with van der Waals surface area (Å²) in [4.78, 5) is 13.1. The maximum Gasteiger partial charge on any atom is 0.167 e. The van der Waals surface area contributed by atoms with Gasteiger partial charge >= 0.3 is 0 Å². The first-order chi connectivity index (χ1) is 11.2. The van der Waals surface area contributed by atoms with Crippen LogP contribution < -0.4 is 0 Å². The molecule has 0 aliphatic carbocycles. The van der Waals surface area contributed by atoms with Crippen LogP contribution in [0.15, 0.2) is 24.3 Å². The molecule has 1 aromatic carbocycles. The Labute approximate surface area is 164 Å². The van der Waals surface area contributed by atoms with Crippen molar-refractivity contribution < 1.29 is 4.79 Å². The largest absolute Gasteiger partial charge is 0.294 e. The second-order valence-electron chi connectivity index (χ2n) is 9.74. The minimum absolute atomic E-state index is 0.0638. The topological polar surface area (TPSA) is 17.1 Å². The van der Waals surface area contributed by atoms with Crippen LogP contribution in [0, 0.1) is 5.92 Å². The molecule has 0 fully saturated rings. The van der Waals surface area contributed by atoms with Crippen molar-refractivity contribution in [2.24, 2.45) is 5.92 Å². The Morgan fingerprint density at radius 2 is 1.20 bits per heavy atom. The van der Waals surface area contributed by atoms with Crippen LogP contribution in [0.3, 0.4) is 0 Å². The first kappa shape index (κ1) is 22.6. The van der Waals surface area contributed by atoms with Crippen LogP contribution in [0.25, 0.3) is 0 Å². The number of ketones is 1. The van der Waals surface area contributed by atoms with Crippen molar-refractivity contribution in [3.8, 4) is 0 Å². The second-order valence-corrected chi connectivity index (χ2v) is 13.4. The number of thioether (sulfide) groups is 2. The monoisotopic (exact) mass is 380 g/mol. The predicted molar refractivity (Wildman–Crippen MR) is 117 cm³/mol. The van der Waals surface area contributed by atoms with Gasteiger partial charge in [-0.2, -0.15) is 23.5 Å². The van der Waals surface area contributed by atoms with Gasteiger partial charge in [0, 0.05) is 32.5 Å². The van der Waals surface area contributed by atoms with E-state index >= 15 is 0 Å². The summed E-state index contributed by atoms with van der Waals surface area (Å²) in [6, 6.07) is 8.25. The molecule has 0 atom stereocenters. The fourth-order valence-electron chi connectivity index (χ4n) is 2.27. The Kier molecular flexibility index (Phi) is 7.71. The lowest BCUT2D eigenvalue weighted by atomic mass is 9.86. The van der Waals surface area contributed by atoms with E-state index in [9.17, 15) is 4.79 Å².